The highest BCUT2D eigenvalue weighted by Gasteiger charge is 2.29. The summed E-state index contributed by atoms with van der Waals surface area (Å²) in [5.74, 6) is -0.318. The molecule has 0 aliphatic rings. The maximum absolute atomic E-state index is 12.6. The summed E-state index contributed by atoms with van der Waals surface area (Å²) in [5.41, 5.74) is 8.54. The third-order valence-electron chi connectivity index (χ3n) is 4.06. The molecule has 1 atom stereocenters. The first-order valence-corrected chi connectivity index (χ1v) is 9.00. The molecule has 0 bridgehead atoms. The van der Waals surface area contributed by atoms with Crippen molar-refractivity contribution < 1.29 is 4.79 Å². The summed E-state index contributed by atoms with van der Waals surface area (Å²) in [4.78, 5) is 20.6. The van der Waals surface area contributed by atoms with Crippen molar-refractivity contribution in [1.29, 1.82) is 0 Å². The summed E-state index contributed by atoms with van der Waals surface area (Å²) in [6, 6.07) is 12.6. The van der Waals surface area contributed by atoms with Crippen LogP contribution in [0.15, 0.2) is 61.2 Å². The van der Waals surface area contributed by atoms with Gasteiger partial charge in [0, 0.05) is 33.7 Å². The zero-order valence-corrected chi connectivity index (χ0v) is 16.1. The lowest BCUT2D eigenvalue weighted by Crippen LogP contribution is -2.50. The van der Waals surface area contributed by atoms with Crippen LogP contribution in [0.5, 0.6) is 0 Å². The predicted molar refractivity (Wildman–Crippen MR) is 109 cm³/mol. The van der Waals surface area contributed by atoms with E-state index in [2.05, 4.69) is 15.3 Å². The number of nitrogens with two attached hydrogens (primary N) is 1. The number of hydrogen-bond donors (Lipinski definition) is 2. The van der Waals surface area contributed by atoms with Crippen LogP contribution in [0.25, 0.3) is 11.1 Å². The Hall–Kier alpha value is -2.47. The molecule has 0 saturated heterocycles. The van der Waals surface area contributed by atoms with Crippen molar-refractivity contribution in [2.45, 2.75) is 18.9 Å². The maximum Gasteiger partial charge on any atom is 0.244 e. The van der Waals surface area contributed by atoms with E-state index in [1.54, 1.807) is 37.5 Å². The first-order chi connectivity index (χ1) is 12.8. The first-order valence-electron chi connectivity index (χ1n) is 8.24. The fourth-order valence-corrected chi connectivity index (χ4v) is 3.19. The van der Waals surface area contributed by atoms with Gasteiger partial charge < -0.3 is 11.1 Å². The second-order valence-electron chi connectivity index (χ2n) is 6.53. The average Bonchev–Trinajstić information content (AvgIpc) is 2.62. The Morgan fingerprint density at radius 3 is 2.22 bits per heavy atom. The molecular formula is C20H18Cl2N4O. The molecule has 3 N–H and O–H groups in total. The quantitative estimate of drug-likeness (QED) is 0.666. The second-order valence-corrected chi connectivity index (χ2v) is 7.40. The van der Waals surface area contributed by atoms with Gasteiger partial charge in [-0.15, -0.1) is 0 Å². The van der Waals surface area contributed by atoms with Gasteiger partial charge in [0.25, 0.3) is 0 Å². The number of amides is 1. The number of benzene rings is 2. The van der Waals surface area contributed by atoms with Crippen molar-refractivity contribution in [3.8, 4) is 11.1 Å². The summed E-state index contributed by atoms with van der Waals surface area (Å²) in [5, 5.41) is 3.66. The molecular weight excluding hydrogens is 383 g/mol. The second kappa shape index (κ2) is 8.05. The number of rotatable bonds is 5. The predicted octanol–water partition coefficient (Wildman–Crippen LogP) is 4.35. The fourth-order valence-electron chi connectivity index (χ4n) is 2.67. The van der Waals surface area contributed by atoms with Gasteiger partial charge >= 0.3 is 0 Å². The van der Waals surface area contributed by atoms with Crippen LogP contribution in [0, 0.1) is 0 Å². The van der Waals surface area contributed by atoms with E-state index in [9.17, 15) is 4.79 Å². The molecule has 0 aliphatic heterocycles. The van der Waals surface area contributed by atoms with E-state index in [4.69, 9.17) is 28.9 Å². The number of anilines is 1. The molecule has 1 amide bonds. The van der Waals surface area contributed by atoms with E-state index < -0.39 is 5.54 Å². The van der Waals surface area contributed by atoms with Crippen LogP contribution < -0.4 is 11.1 Å². The van der Waals surface area contributed by atoms with Gasteiger partial charge in [0.2, 0.25) is 5.91 Å². The van der Waals surface area contributed by atoms with Crippen molar-refractivity contribution >= 4 is 34.8 Å². The molecule has 7 heteroatoms. The Balaban J connectivity index is 1.70. The number of nitrogens with zero attached hydrogens (tertiary/aromatic N) is 2. The Morgan fingerprint density at radius 2 is 1.63 bits per heavy atom. The normalized spacial score (nSPS) is 13.0. The average molecular weight is 401 g/mol. The molecule has 0 fully saturated rings. The zero-order valence-electron chi connectivity index (χ0n) is 14.6. The Kier molecular flexibility index (Phi) is 5.75. The van der Waals surface area contributed by atoms with Gasteiger partial charge in [-0.1, -0.05) is 47.5 Å². The van der Waals surface area contributed by atoms with Gasteiger partial charge in [0.15, 0.2) is 0 Å². The Bertz CT molecular complexity index is 924. The topological polar surface area (TPSA) is 80.9 Å². The molecule has 1 heterocycles. The highest BCUT2D eigenvalue weighted by Crippen LogP contribution is 2.24. The maximum atomic E-state index is 12.6. The minimum Gasteiger partial charge on any atom is -0.324 e. The highest BCUT2D eigenvalue weighted by atomic mass is 35.5. The first kappa shape index (κ1) is 19.3. The summed E-state index contributed by atoms with van der Waals surface area (Å²) in [6.07, 6.45) is 5.36. The lowest BCUT2D eigenvalue weighted by atomic mass is 9.92. The smallest absolute Gasteiger partial charge is 0.244 e. The molecule has 27 heavy (non-hydrogen) atoms. The summed E-state index contributed by atoms with van der Waals surface area (Å²) in [6.45, 7) is 1.69. The van der Waals surface area contributed by atoms with Gasteiger partial charge in [0.1, 0.15) is 6.33 Å². The molecule has 0 radical (unpaired) electrons. The zero-order chi connectivity index (χ0) is 19.4. The number of hydrogen-bond acceptors (Lipinski definition) is 4. The van der Waals surface area contributed by atoms with Crippen molar-refractivity contribution in [3.05, 3.63) is 76.8 Å². The minimum absolute atomic E-state index is 0.318. The largest absolute Gasteiger partial charge is 0.324 e. The van der Waals surface area contributed by atoms with Crippen molar-refractivity contribution in [2.24, 2.45) is 5.73 Å². The van der Waals surface area contributed by atoms with Crippen LogP contribution in [0.2, 0.25) is 10.0 Å². The SMILES string of the molecule is C[C@@](N)(Cc1ccc(-c2cncnc2)cc1)C(=O)Nc1cc(Cl)cc(Cl)c1. The molecule has 2 aromatic carbocycles. The fraction of sp³-hybridized carbons (Fsp3) is 0.150. The van der Waals surface area contributed by atoms with Gasteiger partial charge in [-0.25, -0.2) is 9.97 Å². The number of nitrogens with one attached hydrogen (secondary N) is 1. The van der Waals surface area contributed by atoms with E-state index in [1.165, 1.54) is 6.33 Å². The lowest BCUT2D eigenvalue weighted by Gasteiger charge is -2.24. The standard InChI is InChI=1S/C20H18Cl2N4O/c1-20(23,19(27)26-18-7-16(21)6-17(22)8-18)9-13-2-4-14(5-3-13)15-10-24-12-25-11-15/h2-8,10-12H,9,23H2,1H3,(H,26,27)/t20-/m1/s1. The van der Waals surface area contributed by atoms with Crippen molar-refractivity contribution in [2.75, 3.05) is 5.32 Å². The molecule has 138 valence electrons. The Morgan fingerprint density at radius 1 is 1.04 bits per heavy atom. The molecule has 0 unspecified atom stereocenters. The molecule has 0 aliphatic carbocycles. The van der Waals surface area contributed by atoms with E-state index in [0.29, 0.717) is 22.2 Å². The van der Waals surface area contributed by atoms with Crippen LogP contribution in [0.3, 0.4) is 0 Å². The van der Waals surface area contributed by atoms with Crippen LogP contribution in [0.4, 0.5) is 5.69 Å². The lowest BCUT2D eigenvalue weighted by molar-refractivity contribution is -0.120. The summed E-state index contributed by atoms with van der Waals surface area (Å²) in [7, 11) is 0. The van der Waals surface area contributed by atoms with E-state index >= 15 is 0 Å². The number of aromatic nitrogens is 2. The molecule has 1 aromatic heterocycles. The van der Waals surface area contributed by atoms with Crippen LogP contribution in [-0.2, 0) is 11.2 Å². The monoisotopic (exact) mass is 400 g/mol. The van der Waals surface area contributed by atoms with E-state index in [1.807, 2.05) is 24.3 Å². The van der Waals surface area contributed by atoms with Crippen molar-refractivity contribution in [1.82, 2.24) is 9.97 Å². The van der Waals surface area contributed by atoms with Gasteiger partial charge in [-0.2, -0.15) is 0 Å². The molecule has 3 aromatic rings. The third-order valence-corrected chi connectivity index (χ3v) is 4.49. The van der Waals surface area contributed by atoms with Gasteiger partial charge in [-0.05, 0) is 42.7 Å². The number of carbonyl (C=O) groups is 1. The third kappa shape index (κ3) is 5.04. The summed E-state index contributed by atoms with van der Waals surface area (Å²) >= 11 is 11.9. The molecule has 3 rings (SSSR count). The van der Waals surface area contributed by atoms with Gasteiger partial charge in [-0.3, -0.25) is 4.79 Å². The van der Waals surface area contributed by atoms with Gasteiger partial charge in [0.05, 0.1) is 5.54 Å². The van der Waals surface area contributed by atoms with Crippen LogP contribution in [0.1, 0.15) is 12.5 Å². The van der Waals surface area contributed by atoms with Crippen LogP contribution >= 0.6 is 23.2 Å². The van der Waals surface area contributed by atoms with E-state index in [0.717, 1.165) is 16.7 Å². The van der Waals surface area contributed by atoms with Crippen molar-refractivity contribution in [3.63, 3.8) is 0 Å². The highest BCUT2D eigenvalue weighted by molar-refractivity contribution is 6.35. The van der Waals surface area contributed by atoms with E-state index in [-0.39, 0.29) is 5.91 Å². The molecule has 5 nitrogen and oxygen atoms in total. The Labute approximate surface area is 167 Å². The summed E-state index contributed by atoms with van der Waals surface area (Å²) < 4.78 is 0. The number of carbonyl (C=O) groups excluding carboxylic acids is 1. The minimum atomic E-state index is -1.10. The molecule has 0 spiro atoms. The van der Waals surface area contributed by atoms with Crippen LogP contribution in [-0.4, -0.2) is 21.4 Å². The molecule has 0 saturated carbocycles. The number of halogens is 2.